The van der Waals surface area contributed by atoms with Crippen LogP contribution < -0.4 is 11.0 Å². The van der Waals surface area contributed by atoms with E-state index in [1.165, 1.54) is 0 Å². The lowest BCUT2D eigenvalue weighted by Gasteiger charge is -2.22. The molecule has 9 heteroatoms. The van der Waals surface area contributed by atoms with Crippen molar-refractivity contribution in [3.8, 4) is 0 Å². The summed E-state index contributed by atoms with van der Waals surface area (Å²) in [5, 5.41) is 3.27. The lowest BCUT2D eigenvalue weighted by atomic mass is 10.1. The second-order valence-corrected chi connectivity index (χ2v) is 7.32. The molecule has 1 atom stereocenters. The van der Waals surface area contributed by atoms with Gasteiger partial charge in [-0.15, -0.1) is 0 Å². The van der Waals surface area contributed by atoms with Crippen molar-refractivity contribution in [3.63, 3.8) is 0 Å². The first kappa shape index (κ1) is 17.7. The summed E-state index contributed by atoms with van der Waals surface area (Å²) < 4.78 is 8.92. The molecule has 1 saturated heterocycles. The molecule has 1 aromatic carbocycles. The minimum Gasteiger partial charge on any atom is -0.379 e. The van der Waals surface area contributed by atoms with Crippen molar-refractivity contribution in [3.05, 3.63) is 46.8 Å². The van der Waals surface area contributed by atoms with Crippen LogP contribution in [0.2, 0.25) is 0 Å². The molecule has 1 fully saturated rings. The standard InChI is InChI=1S/C20H21N7O2/c1-12-8-15-16(22-6-5-21-15)9-14(12)24-19-23-10-17-18(25-19)27(20(28)26(17)2)13-4-3-7-29-11-13/h5-6,8-10,13H,3-4,7,11H2,1-2H3,(H,23,24,25)/t13-/m1/s1. The topological polar surface area (TPSA) is 99.8 Å². The summed E-state index contributed by atoms with van der Waals surface area (Å²) in [7, 11) is 1.74. The van der Waals surface area contributed by atoms with Gasteiger partial charge in [0, 0.05) is 31.7 Å². The summed E-state index contributed by atoms with van der Waals surface area (Å²) in [6.45, 7) is 3.25. The summed E-state index contributed by atoms with van der Waals surface area (Å²) in [6, 6.07) is 3.89. The Kier molecular flexibility index (Phi) is 4.24. The number of aryl methyl sites for hydroxylation is 2. The van der Waals surface area contributed by atoms with Crippen LogP contribution in [0.15, 0.2) is 35.5 Å². The summed E-state index contributed by atoms with van der Waals surface area (Å²) >= 11 is 0. The van der Waals surface area contributed by atoms with Crippen LogP contribution in [-0.4, -0.2) is 42.3 Å². The Hall–Kier alpha value is -3.33. The first-order valence-corrected chi connectivity index (χ1v) is 9.62. The molecule has 5 rings (SSSR count). The minimum absolute atomic E-state index is 0.0135. The van der Waals surface area contributed by atoms with Gasteiger partial charge >= 0.3 is 5.69 Å². The van der Waals surface area contributed by atoms with E-state index in [4.69, 9.17) is 4.74 Å². The van der Waals surface area contributed by atoms with Crippen LogP contribution in [0.4, 0.5) is 11.6 Å². The van der Waals surface area contributed by atoms with Crippen molar-refractivity contribution in [1.82, 2.24) is 29.1 Å². The third-order valence-electron chi connectivity index (χ3n) is 5.40. The molecule has 1 aliphatic rings. The maximum atomic E-state index is 12.8. The van der Waals surface area contributed by atoms with Gasteiger partial charge in [-0.05, 0) is 37.5 Å². The van der Waals surface area contributed by atoms with Crippen LogP contribution in [-0.2, 0) is 11.8 Å². The van der Waals surface area contributed by atoms with Crippen molar-refractivity contribution >= 4 is 33.8 Å². The molecular formula is C20H21N7O2. The fraction of sp³-hybridized carbons (Fsp3) is 0.350. The molecule has 1 N–H and O–H groups in total. The van der Waals surface area contributed by atoms with E-state index in [2.05, 4.69) is 25.3 Å². The molecule has 0 spiro atoms. The molecule has 0 aliphatic carbocycles. The van der Waals surface area contributed by atoms with Crippen LogP contribution in [0.25, 0.3) is 22.2 Å². The normalized spacial score (nSPS) is 17.1. The first-order chi connectivity index (χ1) is 14.1. The molecule has 0 amide bonds. The van der Waals surface area contributed by atoms with Crippen molar-refractivity contribution in [2.24, 2.45) is 7.05 Å². The Morgan fingerprint density at radius 3 is 2.72 bits per heavy atom. The van der Waals surface area contributed by atoms with Crippen LogP contribution in [0.1, 0.15) is 24.4 Å². The van der Waals surface area contributed by atoms with E-state index < -0.39 is 0 Å². The van der Waals surface area contributed by atoms with Gasteiger partial charge in [-0.25, -0.2) is 9.78 Å². The van der Waals surface area contributed by atoms with E-state index >= 15 is 0 Å². The zero-order chi connectivity index (χ0) is 20.0. The Bertz CT molecular complexity index is 1270. The summed E-state index contributed by atoms with van der Waals surface area (Å²) in [6.07, 6.45) is 6.85. The van der Waals surface area contributed by atoms with Crippen molar-refractivity contribution in [1.29, 1.82) is 0 Å². The van der Waals surface area contributed by atoms with Crippen LogP contribution in [0, 0.1) is 6.92 Å². The van der Waals surface area contributed by atoms with Gasteiger partial charge in [0.2, 0.25) is 5.95 Å². The van der Waals surface area contributed by atoms with E-state index in [9.17, 15) is 4.79 Å². The number of hydrogen-bond donors (Lipinski definition) is 1. The minimum atomic E-state index is -0.0980. The van der Waals surface area contributed by atoms with Crippen LogP contribution in [0.5, 0.6) is 0 Å². The molecule has 3 aromatic heterocycles. The zero-order valence-corrected chi connectivity index (χ0v) is 16.3. The lowest BCUT2D eigenvalue weighted by molar-refractivity contribution is 0.0591. The third-order valence-corrected chi connectivity index (χ3v) is 5.40. The van der Waals surface area contributed by atoms with Gasteiger partial charge < -0.3 is 10.1 Å². The highest BCUT2D eigenvalue weighted by atomic mass is 16.5. The molecule has 0 bridgehead atoms. The second-order valence-electron chi connectivity index (χ2n) is 7.32. The number of anilines is 2. The number of rotatable bonds is 3. The highest BCUT2D eigenvalue weighted by Gasteiger charge is 2.23. The molecule has 29 heavy (non-hydrogen) atoms. The molecule has 4 aromatic rings. The van der Waals surface area contributed by atoms with Gasteiger partial charge in [0.05, 0.1) is 29.9 Å². The summed E-state index contributed by atoms with van der Waals surface area (Å²) in [4.78, 5) is 30.6. The fourth-order valence-electron chi connectivity index (χ4n) is 3.82. The number of nitrogens with one attached hydrogen (secondary N) is 1. The number of ether oxygens (including phenoxy) is 1. The quantitative estimate of drug-likeness (QED) is 0.573. The summed E-state index contributed by atoms with van der Waals surface area (Å²) in [5.41, 5.74) is 4.70. The van der Waals surface area contributed by atoms with Gasteiger partial charge in [-0.3, -0.25) is 19.1 Å². The average molecular weight is 391 g/mol. The monoisotopic (exact) mass is 391 g/mol. The average Bonchev–Trinajstić information content (AvgIpc) is 2.99. The number of imidazole rings is 1. The van der Waals surface area contributed by atoms with Gasteiger partial charge in [-0.1, -0.05) is 0 Å². The Morgan fingerprint density at radius 1 is 1.17 bits per heavy atom. The van der Waals surface area contributed by atoms with E-state index in [0.717, 1.165) is 41.7 Å². The molecule has 1 aliphatic heterocycles. The second kappa shape index (κ2) is 6.93. The molecule has 148 valence electrons. The van der Waals surface area contributed by atoms with E-state index in [0.29, 0.717) is 23.7 Å². The van der Waals surface area contributed by atoms with E-state index in [-0.39, 0.29) is 11.7 Å². The lowest BCUT2D eigenvalue weighted by Crippen LogP contribution is -2.31. The van der Waals surface area contributed by atoms with Crippen molar-refractivity contribution < 1.29 is 4.74 Å². The first-order valence-electron chi connectivity index (χ1n) is 9.62. The summed E-state index contributed by atoms with van der Waals surface area (Å²) in [5.74, 6) is 0.430. The SMILES string of the molecule is Cc1cc2nccnc2cc1Nc1ncc2c(n1)n([C@@H]1CCCOC1)c(=O)n2C. The third kappa shape index (κ3) is 3.03. The fourth-order valence-corrected chi connectivity index (χ4v) is 3.82. The largest absolute Gasteiger partial charge is 0.379 e. The predicted molar refractivity (Wildman–Crippen MR) is 109 cm³/mol. The molecule has 0 unspecified atom stereocenters. The highest BCUT2D eigenvalue weighted by Crippen LogP contribution is 2.25. The van der Waals surface area contributed by atoms with Gasteiger partial charge in [0.25, 0.3) is 0 Å². The van der Waals surface area contributed by atoms with Crippen LogP contribution >= 0.6 is 0 Å². The Balaban J connectivity index is 1.58. The number of aromatic nitrogens is 6. The molecule has 0 saturated carbocycles. The maximum Gasteiger partial charge on any atom is 0.330 e. The van der Waals surface area contributed by atoms with Gasteiger partial charge in [0.15, 0.2) is 5.65 Å². The number of fused-ring (bicyclic) bond motifs is 2. The molecule has 0 radical (unpaired) electrons. The van der Waals surface area contributed by atoms with Gasteiger partial charge in [-0.2, -0.15) is 4.98 Å². The molecular weight excluding hydrogens is 370 g/mol. The number of benzene rings is 1. The zero-order valence-electron chi connectivity index (χ0n) is 16.3. The van der Waals surface area contributed by atoms with Crippen LogP contribution in [0.3, 0.4) is 0 Å². The molecule has 4 heterocycles. The maximum absolute atomic E-state index is 12.8. The van der Waals surface area contributed by atoms with E-state index in [1.807, 2.05) is 19.1 Å². The molecule has 9 nitrogen and oxygen atoms in total. The highest BCUT2D eigenvalue weighted by molar-refractivity contribution is 5.82. The van der Waals surface area contributed by atoms with E-state index in [1.54, 1.807) is 34.8 Å². The Morgan fingerprint density at radius 2 is 1.97 bits per heavy atom. The number of hydrogen-bond acceptors (Lipinski definition) is 7. The predicted octanol–water partition coefficient (Wildman–Crippen LogP) is 2.48. The number of nitrogens with zero attached hydrogens (tertiary/aromatic N) is 6. The Labute approximate surface area is 166 Å². The van der Waals surface area contributed by atoms with Crippen molar-refractivity contribution in [2.75, 3.05) is 18.5 Å². The van der Waals surface area contributed by atoms with Gasteiger partial charge in [0.1, 0.15) is 5.52 Å². The smallest absolute Gasteiger partial charge is 0.330 e. The van der Waals surface area contributed by atoms with Crippen molar-refractivity contribution in [2.45, 2.75) is 25.8 Å².